The van der Waals surface area contributed by atoms with Crippen LogP contribution in [0.2, 0.25) is 0 Å². The second kappa shape index (κ2) is 7.59. The molecule has 2 aliphatic rings. The van der Waals surface area contributed by atoms with E-state index in [0.717, 1.165) is 41.4 Å². The molecule has 1 amide bonds. The average molecular weight is 357 g/mol. The molecule has 7 heteroatoms. The number of rotatable bonds is 2. The Morgan fingerprint density at radius 3 is 2.62 bits per heavy atom. The first kappa shape index (κ1) is 18.0. The number of carbonyl (C=O) groups excluding carboxylic acids is 1. The van der Waals surface area contributed by atoms with E-state index in [0.29, 0.717) is 6.42 Å². The summed E-state index contributed by atoms with van der Waals surface area (Å²) >= 11 is 0. The number of hydrogen-bond donors (Lipinski definition) is 2. The third-order valence-corrected chi connectivity index (χ3v) is 4.93. The molecule has 0 radical (unpaired) electrons. The molecule has 7 nitrogen and oxygen atoms in total. The number of carboxylic acid groups (broad SMARTS) is 1. The summed E-state index contributed by atoms with van der Waals surface area (Å²) in [5, 5.41) is 13.9. The van der Waals surface area contributed by atoms with Crippen LogP contribution in [0.25, 0.3) is 0 Å². The lowest BCUT2D eigenvalue weighted by Crippen LogP contribution is -2.26. The summed E-state index contributed by atoms with van der Waals surface area (Å²) in [5.74, 6) is 0.761. The van der Waals surface area contributed by atoms with Crippen LogP contribution in [0.3, 0.4) is 0 Å². The van der Waals surface area contributed by atoms with E-state index in [4.69, 9.17) is 14.4 Å². The van der Waals surface area contributed by atoms with Crippen molar-refractivity contribution in [2.24, 2.45) is 0 Å². The minimum absolute atomic E-state index is 0.0400. The van der Waals surface area contributed by atoms with Gasteiger partial charge in [-0.2, -0.15) is 0 Å². The molecule has 0 aliphatic carbocycles. The lowest BCUT2D eigenvalue weighted by atomic mass is 9.86. The Kier molecular flexibility index (Phi) is 5.25. The number of amides is 1. The quantitative estimate of drug-likeness (QED) is 0.802. The molecule has 0 saturated carbocycles. The largest absolute Gasteiger partial charge is 0.483 e. The highest BCUT2D eigenvalue weighted by Gasteiger charge is 2.31. The molecule has 2 aliphatic heterocycles. The van der Waals surface area contributed by atoms with Gasteiger partial charge in [0.1, 0.15) is 5.76 Å². The van der Waals surface area contributed by atoms with Crippen LogP contribution in [0.5, 0.6) is 0 Å². The zero-order chi connectivity index (χ0) is 18.7. The Morgan fingerprint density at radius 1 is 1.31 bits per heavy atom. The first-order valence-corrected chi connectivity index (χ1v) is 8.74. The molecule has 4 rings (SSSR count). The van der Waals surface area contributed by atoms with Crippen molar-refractivity contribution in [1.82, 2.24) is 5.16 Å². The molecule has 26 heavy (non-hydrogen) atoms. The van der Waals surface area contributed by atoms with Gasteiger partial charge in [-0.15, -0.1) is 0 Å². The van der Waals surface area contributed by atoms with Gasteiger partial charge in [-0.1, -0.05) is 11.2 Å². The summed E-state index contributed by atoms with van der Waals surface area (Å²) in [6, 6.07) is 6.25. The Morgan fingerprint density at radius 2 is 2.00 bits per heavy atom. The van der Waals surface area contributed by atoms with Crippen LogP contribution in [0.4, 0.5) is 11.4 Å². The highest BCUT2D eigenvalue weighted by atomic mass is 16.5. The molecule has 1 aromatic heterocycles. The topological polar surface area (TPSA) is 95.7 Å². The van der Waals surface area contributed by atoms with Crippen LogP contribution in [0.1, 0.15) is 47.8 Å². The molecule has 1 aromatic carbocycles. The number of carbonyl (C=O) groups is 2. The summed E-state index contributed by atoms with van der Waals surface area (Å²) < 4.78 is 5.44. The summed E-state index contributed by atoms with van der Waals surface area (Å²) in [6.07, 6.45) is 2.88. The molecule has 138 valence electrons. The van der Waals surface area contributed by atoms with E-state index < -0.39 is 0 Å². The highest BCUT2D eigenvalue weighted by molar-refractivity contribution is 5.97. The van der Waals surface area contributed by atoms with Gasteiger partial charge in [-0.3, -0.25) is 9.59 Å². The zero-order valence-corrected chi connectivity index (χ0v) is 15.0. The smallest absolute Gasteiger partial charge is 0.290 e. The predicted molar refractivity (Wildman–Crippen MR) is 97.6 cm³/mol. The van der Waals surface area contributed by atoms with Crippen LogP contribution < -0.4 is 10.2 Å². The molecule has 3 heterocycles. The van der Waals surface area contributed by atoms with Crippen molar-refractivity contribution in [3.05, 3.63) is 40.8 Å². The summed E-state index contributed by atoms with van der Waals surface area (Å²) in [6.45, 7) is 5.94. The van der Waals surface area contributed by atoms with Gasteiger partial charge in [0.2, 0.25) is 5.91 Å². The van der Waals surface area contributed by atoms with E-state index in [2.05, 4.69) is 34.4 Å². The standard InChI is InChI=1S/C18H21N3O2.CH2O2/c1-11-9-16(23-20-11)14-10-17(22)19-18-12(2)15(6-5-13(14)18)21-7-3-4-8-21;2-1-3/h5-6,9,14H,3-4,7-8,10H2,1-2H3,(H,19,22);1H,(H,2,3). The predicted octanol–water partition coefficient (Wildman–Crippen LogP) is 3.07. The monoisotopic (exact) mass is 357 g/mol. The fraction of sp³-hybridized carbons (Fsp3) is 0.421. The molecule has 1 fully saturated rings. The van der Waals surface area contributed by atoms with E-state index >= 15 is 0 Å². The van der Waals surface area contributed by atoms with E-state index in [1.165, 1.54) is 18.5 Å². The van der Waals surface area contributed by atoms with Crippen molar-refractivity contribution in [1.29, 1.82) is 0 Å². The maximum atomic E-state index is 12.2. The SMILES string of the molecule is Cc1cc(C2CC(=O)Nc3c2ccc(N2CCCC2)c3C)on1.O=CO. The molecule has 1 saturated heterocycles. The van der Waals surface area contributed by atoms with Gasteiger partial charge >= 0.3 is 0 Å². The number of benzene rings is 1. The number of hydrogen-bond acceptors (Lipinski definition) is 5. The van der Waals surface area contributed by atoms with E-state index in [9.17, 15) is 4.79 Å². The Hall–Kier alpha value is -2.83. The van der Waals surface area contributed by atoms with Crippen molar-refractivity contribution < 1.29 is 19.2 Å². The normalized spacial score (nSPS) is 18.6. The molecule has 0 spiro atoms. The van der Waals surface area contributed by atoms with Crippen LogP contribution in [0, 0.1) is 13.8 Å². The summed E-state index contributed by atoms with van der Waals surface area (Å²) in [4.78, 5) is 23.0. The first-order valence-electron chi connectivity index (χ1n) is 8.74. The van der Waals surface area contributed by atoms with E-state index in [1.54, 1.807) is 0 Å². The number of nitrogens with one attached hydrogen (secondary N) is 1. The van der Waals surface area contributed by atoms with Crippen LogP contribution >= 0.6 is 0 Å². The van der Waals surface area contributed by atoms with Gasteiger partial charge in [0, 0.05) is 37.0 Å². The summed E-state index contributed by atoms with van der Waals surface area (Å²) in [5.41, 5.74) is 5.30. The maximum absolute atomic E-state index is 12.2. The van der Waals surface area contributed by atoms with E-state index in [1.807, 2.05) is 13.0 Å². The van der Waals surface area contributed by atoms with Gasteiger partial charge in [0.05, 0.1) is 11.6 Å². The summed E-state index contributed by atoms with van der Waals surface area (Å²) in [7, 11) is 0. The number of aromatic nitrogens is 1. The Bertz CT molecular complexity index is 809. The number of anilines is 2. The molecule has 1 unspecified atom stereocenters. The zero-order valence-electron chi connectivity index (χ0n) is 15.0. The molecular weight excluding hydrogens is 334 g/mol. The maximum Gasteiger partial charge on any atom is 0.290 e. The second-order valence-corrected chi connectivity index (χ2v) is 6.65. The third kappa shape index (κ3) is 3.42. The molecular formula is C19H23N3O4. The van der Waals surface area contributed by atoms with Crippen molar-refractivity contribution in [2.75, 3.05) is 23.3 Å². The third-order valence-electron chi connectivity index (χ3n) is 4.93. The molecule has 2 aromatic rings. The number of fused-ring (bicyclic) bond motifs is 1. The van der Waals surface area contributed by atoms with Gasteiger partial charge < -0.3 is 19.8 Å². The average Bonchev–Trinajstić information content (AvgIpc) is 3.27. The highest BCUT2D eigenvalue weighted by Crippen LogP contribution is 2.42. The van der Waals surface area contributed by atoms with Crippen LogP contribution in [-0.2, 0) is 9.59 Å². The van der Waals surface area contributed by atoms with Crippen LogP contribution in [-0.4, -0.2) is 35.7 Å². The number of aryl methyl sites for hydroxylation is 1. The number of nitrogens with zero attached hydrogens (tertiary/aromatic N) is 2. The lowest BCUT2D eigenvalue weighted by molar-refractivity contribution is -0.123. The van der Waals surface area contributed by atoms with Crippen molar-refractivity contribution in [3.8, 4) is 0 Å². The first-order chi connectivity index (χ1) is 12.5. The van der Waals surface area contributed by atoms with Crippen LogP contribution in [0.15, 0.2) is 22.7 Å². The Labute approximate surface area is 152 Å². The molecule has 2 N–H and O–H groups in total. The Balaban J connectivity index is 0.000000613. The van der Waals surface area contributed by atoms with Crippen molar-refractivity contribution >= 4 is 23.8 Å². The second-order valence-electron chi connectivity index (χ2n) is 6.65. The molecule has 0 bridgehead atoms. The van der Waals surface area contributed by atoms with Gasteiger partial charge in [0.25, 0.3) is 6.47 Å². The minimum Gasteiger partial charge on any atom is -0.483 e. The van der Waals surface area contributed by atoms with Crippen molar-refractivity contribution in [3.63, 3.8) is 0 Å². The van der Waals surface area contributed by atoms with Gasteiger partial charge in [-0.25, -0.2) is 0 Å². The minimum atomic E-state index is -0.250. The molecule has 1 atom stereocenters. The van der Waals surface area contributed by atoms with Gasteiger partial charge in [0.15, 0.2) is 0 Å². The lowest BCUT2D eigenvalue weighted by Gasteiger charge is -2.29. The fourth-order valence-corrected chi connectivity index (χ4v) is 3.77. The fourth-order valence-electron chi connectivity index (χ4n) is 3.77. The van der Waals surface area contributed by atoms with Gasteiger partial charge in [-0.05, 0) is 43.9 Å². The van der Waals surface area contributed by atoms with Crippen molar-refractivity contribution in [2.45, 2.75) is 39.0 Å². The van der Waals surface area contributed by atoms with E-state index in [-0.39, 0.29) is 18.3 Å².